The van der Waals surface area contributed by atoms with Crippen LogP contribution in [-0.4, -0.2) is 123 Å². The third-order valence-corrected chi connectivity index (χ3v) is 12.9. The number of aliphatic hydroxyl groups excluding tert-OH is 3. The maximum absolute atomic E-state index is 15.0. The number of carbonyl (C=O) groups is 5. The molecule has 1 heterocycles. The Bertz CT molecular complexity index is 1850. The molecule has 4 aliphatic rings. The number of esters is 2. The van der Waals surface area contributed by atoms with E-state index in [0.717, 1.165) is 7.11 Å². The molecule has 1 saturated heterocycles. The molecule has 1 aromatic carbocycles. The number of ketones is 1. The van der Waals surface area contributed by atoms with E-state index >= 15 is 4.79 Å². The first-order valence-corrected chi connectivity index (χ1v) is 19.4. The lowest BCUT2D eigenvalue weighted by Gasteiger charge is -2.67. The zero-order valence-electron chi connectivity index (χ0n) is 35.3. The quantitative estimate of drug-likeness (QED) is 0.150. The Morgan fingerprint density at radius 1 is 0.966 bits per heavy atom. The molecule has 2 bridgehead atoms. The van der Waals surface area contributed by atoms with E-state index in [0.29, 0.717) is 0 Å². The SMILES string of the molecule is COC(=O)O[C@@]12CO[C@@H]1C[C@H](O)[C@@]1(C)C(=O)[C@H](O)C3=C(C)[C@@](C)(OC(=O)[C@H](O)[C@@H](NC(=O)OC(C)(C)C)C(C)(C)C)C[C@@](O)([C@@H](OC(=O)c4ccccc4)C12)C3(C)C. The lowest BCUT2D eigenvalue weighted by molar-refractivity contribution is -0.345. The second-order valence-electron chi connectivity index (χ2n) is 19.1. The van der Waals surface area contributed by atoms with Crippen molar-refractivity contribution in [3.63, 3.8) is 0 Å². The normalized spacial score (nSPS) is 35.3. The number of methoxy groups -OCH3 is 1. The predicted molar refractivity (Wildman–Crippen MR) is 204 cm³/mol. The van der Waals surface area contributed by atoms with E-state index < -0.39 is 118 Å². The molecule has 16 heteroatoms. The minimum absolute atomic E-state index is 0.0607. The fraction of sp³-hybridized carbons (Fsp3) is 0.690. The first kappa shape index (κ1) is 45.0. The van der Waals surface area contributed by atoms with E-state index in [-0.39, 0.29) is 29.7 Å². The predicted octanol–water partition coefficient (Wildman–Crippen LogP) is 3.54. The van der Waals surface area contributed by atoms with Crippen LogP contribution in [0.3, 0.4) is 0 Å². The van der Waals surface area contributed by atoms with E-state index in [1.807, 2.05) is 0 Å². The summed E-state index contributed by atoms with van der Waals surface area (Å²) in [5, 5.41) is 51.9. The molecule has 5 rings (SSSR count). The van der Waals surface area contributed by atoms with Gasteiger partial charge in [-0.25, -0.2) is 19.2 Å². The van der Waals surface area contributed by atoms with Crippen molar-refractivity contribution in [2.24, 2.45) is 22.2 Å². The van der Waals surface area contributed by atoms with E-state index in [4.69, 9.17) is 28.4 Å². The molecule has 1 aliphatic heterocycles. The summed E-state index contributed by atoms with van der Waals surface area (Å²) in [5.74, 6) is -4.72. The van der Waals surface area contributed by atoms with Gasteiger partial charge in [-0.15, -0.1) is 0 Å². The molecule has 0 spiro atoms. The van der Waals surface area contributed by atoms with Crippen LogP contribution in [0.1, 0.15) is 99.4 Å². The Hall–Kier alpha value is -4.09. The number of carbonyl (C=O) groups excluding carboxylic acids is 5. The van der Waals surface area contributed by atoms with Crippen molar-refractivity contribution in [2.75, 3.05) is 13.7 Å². The Morgan fingerprint density at radius 2 is 1.57 bits per heavy atom. The smallest absolute Gasteiger partial charge is 0.455 e. The Balaban J connectivity index is 1.72. The molecule has 11 atom stereocenters. The van der Waals surface area contributed by atoms with Gasteiger partial charge < -0.3 is 54.2 Å². The molecule has 1 unspecified atom stereocenters. The molecule has 1 aromatic rings. The average molecular weight is 818 g/mol. The van der Waals surface area contributed by atoms with Gasteiger partial charge in [0.05, 0.1) is 42.8 Å². The van der Waals surface area contributed by atoms with Gasteiger partial charge in [-0.3, -0.25) is 4.79 Å². The van der Waals surface area contributed by atoms with Crippen molar-refractivity contribution in [2.45, 2.75) is 148 Å². The van der Waals surface area contributed by atoms with Crippen molar-refractivity contribution >= 4 is 30.0 Å². The minimum Gasteiger partial charge on any atom is -0.455 e. The molecule has 5 N–H and O–H groups in total. The van der Waals surface area contributed by atoms with Crippen molar-refractivity contribution < 1.29 is 72.8 Å². The molecule has 1 amide bonds. The van der Waals surface area contributed by atoms with E-state index in [1.165, 1.54) is 46.8 Å². The van der Waals surface area contributed by atoms with E-state index in [1.54, 1.807) is 59.7 Å². The number of nitrogens with one attached hydrogen (secondary N) is 1. The summed E-state index contributed by atoms with van der Waals surface area (Å²) < 4.78 is 34.5. The van der Waals surface area contributed by atoms with E-state index in [2.05, 4.69) is 5.32 Å². The van der Waals surface area contributed by atoms with Gasteiger partial charge in [-0.1, -0.05) is 52.8 Å². The van der Waals surface area contributed by atoms with Gasteiger partial charge in [0.15, 0.2) is 17.5 Å². The number of rotatable bonds is 7. The van der Waals surface area contributed by atoms with Crippen LogP contribution in [0.4, 0.5) is 9.59 Å². The highest BCUT2D eigenvalue weighted by atomic mass is 16.8. The number of fused-ring (bicyclic) bond motifs is 5. The molecule has 2 saturated carbocycles. The summed E-state index contributed by atoms with van der Waals surface area (Å²) in [7, 11) is 1.07. The highest BCUT2D eigenvalue weighted by molar-refractivity contribution is 5.94. The van der Waals surface area contributed by atoms with Gasteiger partial charge in [0, 0.05) is 18.3 Å². The van der Waals surface area contributed by atoms with Crippen molar-refractivity contribution in [1.29, 1.82) is 0 Å². The fourth-order valence-corrected chi connectivity index (χ4v) is 9.55. The Kier molecular flexibility index (Phi) is 11.5. The Labute approximate surface area is 338 Å². The first-order valence-electron chi connectivity index (χ1n) is 19.4. The molecule has 58 heavy (non-hydrogen) atoms. The highest BCUT2D eigenvalue weighted by Crippen LogP contribution is 2.65. The van der Waals surface area contributed by atoms with Gasteiger partial charge in [-0.2, -0.15) is 0 Å². The average Bonchev–Trinajstić information content (AvgIpc) is 3.11. The monoisotopic (exact) mass is 817 g/mol. The zero-order valence-corrected chi connectivity index (χ0v) is 35.3. The van der Waals surface area contributed by atoms with Gasteiger partial charge >= 0.3 is 24.2 Å². The number of hydrogen-bond acceptors (Lipinski definition) is 15. The number of ether oxygens (including phenoxy) is 6. The van der Waals surface area contributed by atoms with Gasteiger partial charge in [0.2, 0.25) is 0 Å². The minimum atomic E-state index is -2.41. The molecule has 322 valence electrons. The standard InChI is InChI=1S/C42H59NO15/c1-21-25-26(45)30(47)40(11)23(44)18-24-41(20-54-24,58-35(51)53-12)28(40)31(55-32(48)22-16-14-13-15-17-22)42(52,38(25,8)9)19-39(21,10)56-33(49)27(46)29(36(2,3)4)43-34(50)57-37(5,6)7/h13-17,23-24,26-29,31,44-46,52H,18-20H2,1-12H3,(H,43,50)/t23-,24+,26+,27+,28?,29+,31-,39-,40+,41-,42+/m0/s1. The molecular formula is C42H59NO15. The third kappa shape index (κ3) is 7.28. The van der Waals surface area contributed by atoms with Crippen LogP contribution in [-0.2, 0) is 38.0 Å². The summed E-state index contributed by atoms with van der Waals surface area (Å²) >= 11 is 0. The first-order chi connectivity index (χ1) is 26.5. The summed E-state index contributed by atoms with van der Waals surface area (Å²) in [6.45, 7) is 17.0. The third-order valence-electron chi connectivity index (χ3n) is 12.9. The van der Waals surface area contributed by atoms with Crippen LogP contribution in [0.5, 0.6) is 0 Å². The second kappa shape index (κ2) is 14.9. The lowest BCUT2D eigenvalue weighted by Crippen LogP contribution is -2.82. The van der Waals surface area contributed by atoms with Gasteiger partial charge in [-0.05, 0) is 70.2 Å². The number of benzene rings is 1. The molecule has 0 aromatic heterocycles. The Morgan fingerprint density at radius 3 is 2.09 bits per heavy atom. The molecule has 0 radical (unpaired) electrons. The van der Waals surface area contributed by atoms with Crippen LogP contribution in [0, 0.1) is 22.2 Å². The number of amides is 1. The molecule has 3 aliphatic carbocycles. The highest BCUT2D eigenvalue weighted by Gasteiger charge is 2.79. The molecule has 3 fully saturated rings. The summed E-state index contributed by atoms with van der Waals surface area (Å²) in [6, 6.07) is 6.54. The van der Waals surface area contributed by atoms with E-state index in [9.17, 15) is 39.6 Å². The van der Waals surface area contributed by atoms with Gasteiger partial charge in [0.25, 0.3) is 0 Å². The number of aliphatic hydroxyl groups is 4. The van der Waals surface area contributed by atoms with Crippen LogP contribution in [0.15, 0.2) is 41.5 Å². The largest absolute Gasteiger partial charge is 0.508 e. The lowest BCUT2D eigenvalue weighted by atomic mass is 9.44. The van der Waals surface area contributed by atoms with Gasteiger partial charge in [0.1, 0.15) is 35.1 Å². The molecule has 16 nitrogen and oxygen atoms in total. The fourth-order valence-electron chi connectivity index (χ4n) is 9.55. The summed E-state index contributed by atoms with van der Waals surface area (Å²) in [4.78, 5) is 69.3. The van der Waals surface area contributed by atoms with Crippen LogP contribution >= 0.6 is 0 Å². The second-order valence-corrected chi connectivity index (χ2v) is 19.1. The number of hydrogen-bond donors (Lipinski definition) is 5. The van der Waals surface area contributed by atoms with Crippen LogP contribution < -0.4 is 5.32 Å². The maximum atomic E-state index is 15.0. The summed E-state index contributed by atoms with van der Waals surface area (Å²) in [5.41, 5.74) is -11.7. The van der Waals surface area contributed by atoms with Crippen molar-refractivity contribution in [3.05, 3.63) is 47.0 Å². The van der Waals surface area contributed by atoms with Crippen molar-refractivity contribution in [3.8, 4) is 0 Å². The summed E-state index contributed by atoms with van der Waals surface area (Å²) in [6.07, 6.45) is -11.4. The topological polar surface area (TPSA) is 234 Å². The zero-order chi connectivity index (χ0) is 43.8. The van der Waals surface area contributed by atoms with Crippen molar-refractivity contribution in [1.82, 2.24) is 5.32 Å². The van der Waals surface area contributed by atoms with Crippen LogP contribution in [0.2, 0.25) is 0 Å². The number of alkyl carbamates (subject to hydrolysis) is 1. The molecular weight excluding hydrogens is 758 g/mol. The number of Topliss-reactive ketones (excluding diaryl/α,β-unsaturated/α-hetero) is 1. The maximum Gasteiger partial charge on any atom is 0.508 e. The van der Waals surface area contributed by atoms with Crippen LogP contribution in [0.25, 0.3) is 0 Å².